The molecule has 1 amide bonds. The van der Waals surface area contributed by atoms with Crippen LogP contribution in [0, 0.1) is 0 Å². The predicted molar refractivity (Wildman–Crippen MR) is 82.6 cm³/mol. The molecule has 0 spiro atoms. The summed E-state index contributed by atoms with van der Waals surface area (Å²) < 4.78 is 5.35. The standard InChI is InChI=1S/C16H19N3O2/c1-17-15-13-6-4-3-5-11(13)9-14(18-15)16(20)19(2)12-7-8-21-10-12/h3-6,9,12H,7-8,10H2,1-2H3,(H,17,18). The Hall–Kier alpha value is -2.14. The summed E-state index contributed by atoms with van der Waals surface area (Å²) in [6.45, 7) is 1.32. The van der Waals surface area contributed by atoms with E-state index in [2.05, 4.69) is 10.3 Å². The summed E-state index contributed by atoms with van der Waals surface area (Å²) in [7, 11) is 3.63. The van der Waals surface area contributed by atoms with Crippen molar-refractivity contribution in [1.29, 1.82) is 0 Å². The third-order valence-corrected chi connectivity index (χ3v) is 3.97. The van der Waals surface area contributed by atoms with Crippen LogP contribution in [-0.2, 0) is 4.74 Å². The van der Waals surface area contributed by atoms with Crippen molar-refractivity contribution in [2.75, 3.05) is 32.6 Å². The van der Waals surface area contributed by atoms with Gasteiger partial charge >= 0.3 is 0 Å². The molecule has 0 bridgehead atoms. The Morgan fingerprint density at radius 2 is 2.24 bits per heavy atom. The average Bonchev–Trinajstić information content (AvgIpc) is 3.06. The number of pyridine rings is 1. The van der Waals surface area contributed by atoms with Gasteiger partial charge in [-0.2, -0.15) is 0 Å². The Morgan fingerprint density at radius 1 is 1.43 bits per heavy atom. The van der Waals surface area contributed by atoms with Crippen molar-refractivity contribution in [2.24, 2.45) is 0 Å². The molecule has 3 rings (SSSR count). The summed E-state index contributed by atoms with van der Waals surface area (Å²) >= 11 is 0. The fourth-order valence-corrected chi connectivity index (χ4v) is 2.67. The van der Waals surface area contributed by atoms with Gasteiger partial charge in [-0.1, -0.05) is 24.3 Å². The van der Waals surface area contributed by atoms with Gasteiger partial charge < -0.3 is 15.0 Å². The molecule has 2 aromatic rings. The first-order valence-electron chi connectivity index (χ1n) is 7.13. The van der Waals surface area contributed by atoms with Crippen LogP contribution in [0.1, 0.15) is 16.9 Å². The number of carbonyl (C=O) groups is 1. The highest BCUT2D eigenvalue weighted by atomic mass is 16.5. The van der Waals surface area contributed by atoms with E-state index >= 15 is 0 Å². The van der Waals surface area contributed by atoms with Gasteiger partial charge in [0.2, 0.25) is 0 Å². The van der Waals surface area contributed by atoms with E-state index in [1.54, 1.807) is 4.90 Å². The van der Waals surface area contributed by atoms with Crippen molar-refractivity contribution in [3.8, 4) is 0 Å². The first-order chi connectivity index (χ1) is 10.2. The maximum Gasteiger partial charge on any atom is 0.272 e. The first-order valence-corrected chi connectivity index (χ1v) is 7.13. The highest BCUT2D eigenvalue weighted by Gasteiger charge is 2.26. The number of likely N-dealkylation sites (N-methyl/N-ethyl adjacent to an activating group) is 1. The fraction of sp³-hybridized carbons (Fsp3) is 0.375. The minimum absolute atomic E-state index is 0.0623. The van der Waals surface area contributed by atoms with Crippen LogP contribution >= 0.6 is 0 Å². The number of anilines is 1. The van der Waals surface area contributed by atoms with E-state index in [1.807, 2.05) is 44.4 Å². The van der Waals surface area contributed by atoms with Crippen LogP contribution in [0.15, 0.2) is 30.3 Å². The maximum atomic E-state index is 12.6. The van der Waals surface area contributed by atoms with Crippen LogP contribution in [-0.4, -0.2) is 49.1 Å². The number of nitrogens with zero attached hydrogens (tertiary/aromatic N) is 2. The van der Waals surface area contributed by atoms with E-state index < -0.39 is 0 Å². The zero-order valence-electron chi connectivity index (χ0n) is 12.3. The third-order valence-electron chi connectivity index (χ3n) is 3.97. The second-order valence-electron chi connectivity index (χ2n) is 5.26. The molecule has 1 N–H and O–H groups in total. The molecule has 21 heavy (non-hydrogen) atoms. The number of aromatic nitrogens is 1. The minimum Gasteiger partial charge on any atom is -0.379 e. The SMILES string of the molecule is CNc1nc(C(=O)N(C)C2CCOC2)cc2ccccc12. The number of benzene rings is 1. The van der Waals surface area contributed by atoms with Crippen molar-refractivity contribution >= 4 is 22.5 Å². The molecule has 110 valence electrons. The molecular weight excluding hydrogens is 266 g/mol. The summed E-state index contributed by atoms with van der Waals surface area (Å²) in [5.41, 5.74) is 0.465. The summed E-state index contributed by atoms with van der Waals surface area (Å²) in [6, 6.07) is 9.91. The van der Waals surface area contributed by atoms with E-state index in [0.717, 1.165) is 29.6 Å². The smallest absolute Gasteiger partial charge is 0.272 e. The quantitative estimate of drug-likeness (QED) is 0.938. The number of fused-ring (bicyclic) bond motifs is 1. The van der Waals surface area contributed by atoms with Gasteiger partial charge in [-0.15, -0.1) is 0 Å². The molecule has 1 aromatic carbocycles. The van der Waals surface area contributed by atoms with Gasteiger partial charge in [0.1, 0.15) is 11.5 Å². The number of carbonyl (C=O) groups excluding carboxylic acids is 1. The van der Waals surface area contributed by atoms with Crippen LogP contribution in [0.3, 0.4) is 0 Å². The molecule has 1 atom stereocenters. The Labute approximate surface area is 123 Å². The second kappa shape index (κ2) is 5.69. The van der Waals surface area contributed by atoms with Gasteiger partial charge in [-0.05, 0) is 17.9 Å². The topological polar surface area (TPSA) is 54.5 Å². The summed E-state index contributed by atoms with van der Waals surface area (Å²) in [5.74, 6) is 0.667. The number of hydrogen-bond acceptors (Lipinski definition) is 4. The van der Waals surface area contributed by atoms with Crippen molar-refractivity contribution in [3.63, 3.8) is 0 Å². The van der Waals surface area contributed by atoms with Crippen LogP contribution in [0.4, 0.5) is 5.82 Å². The fourth-order valence-electron chi connectivity index (χ4n) is 2.67. The Bertz CT molecular complexity index is 666. The highest BCUT2D eigenvalue weighted by Crippen LogP contribution is 2.23. The number of ether oxygens (including phenoxy) is 1. The molecule has 5 nitrogen and oxygen atoms in total. The van der Waals surface area contributed by atoms with E-state index in [9.17, 15) is 4.79 Å². The molecule has 0 aliphatic carbocycles. The molecule has 1 aromatic heterocycles. The molecule has 5 heteroatoms. The van der Waals surface area contributed by atoms with Crippen molar-refractivity contribution in [1.82, 2.24) is 9.88 Å². The van der Waals surface area contributed by atoms with Crippen LogP contribution < -0.4 is 5.32 Å². The monoisotopic (exact) mass is 285 g/mol. The average molecular weight is 285 g/mol. The van der Waals surface area contributed by atoms with Gasteiger partial charge in [-0.25, -0.2) is 4.98 Å². The van der Waals surface area contributed by atoms with E-state index in [4.69, 9.17) is 4.74 Å². The minimum atomic E-state index is -0.0623. The Kier molecular flexibility index (Phi) is 3.75. The molecule has 0 saturated carbocycles. The molecule has 1 aliphatic heterocycles. The third kappa shape index (κ3) is 2.56. The number of hydrogen-bond donors (Lipinski definition) is 1. The highest BCUT2D eigenvalue weighted by molar-refractivity contribution is 6.00. The van der Waals surface area contributed by atoms with Crippen LogP contribution in [0.25, 0.3) is 10.8 Å². The lowest BCUT2D eigenvalue weighted by Gasteiger charge is -2.23. The molecule has 0 radical (unpaired) electrons. The van der Waals surface area contributed by atoms with Crippen LogP contribution in [0.5, 0.6) is 0 Å². The van der Waals surface area contributed by atoms with Gasteiger partial charge in [0.25, 0.3) is 5.91 Å². The van der Waals surface area contributed by atoms with Crippen molar-refractivity contribution in [3.05, 3.63) is 36.0 Å². The van der Waals surface area contributed by atoms with E-state index in [1.165, 1.54) is 0 Å². The molecular formula is C16H19N3O2. The lowest BCUT2D eigenvalue weighted by molar-refractivity contribution is 0.0706. The summed E-state index contributed by atoms with van der Waals surface area (Å²) in [5, 5.41) is 5.09. The van der Waals surface area contributed by atoms with E-state index in [0.29, 0.717) is 12.3 Å². The molecule has 1 saturated heterocycles. The largest absolute Gasteiger partial charge is 0.379 e. The van der Waals surface area contributed by atoms with Crippen molar-refractivity contribution in [2.45, 2.75) is 12.5 Å². The van der Waals surface area contributed by atoms with Crippen LogP contribution in [0.2, 0.25) is 0 Å². The number of nitrogens with one attached hydrogen (secondary N) is 1. The van der Waals surface area contributed by atoms with Gasteiger partial charge in [0.15, 0.2) is 0 Å². The zero-order valence-corrected chi connectivity index (χ0v) is 12.3. The van der Waals surface area contributed by atoms with Gasteiger partial charge in [0.05, 0.1) is 12.6 Å². The number of amides is 1. The zero-order chi connectivity index (χ0) is 14.8. The maximum absolute atomic E-state index is 12.6. The Morgan fingerprint density at radius 3 is 2.95 bits per heavy atom. The summed E-state index contributed by atoms with van der Waals surface area (Å²) in [4.78, 5) is 18.8. The molecule has 1 fully saturated rings. The van der Waals surface area contributed by atoms with Gasteiger partial charge in [-0.3, -0.25) is 4.79 Å². The predicted octanol–water partition coefficient (Wildman–Crippen LogP) is 2.14. The van der Waals surface area contributed by atoms with E-state index in [-0.39, 0.29) is 11.9 Å². The molecule has 1 unspecified atom stereocenters. The van der Waals surface area contributed by atoms with Crippen molar-refractivity contribution < 1.29 is 9.53 Å². The van der Waals surface area contributed by atoms with Gasteiger partial charge in [0, 0.05) is 26.1 Å². The molecule has 2 heterocycles. The molecule has 1 aliphatic rings. The first kappa shape index (κ1) is 13.8. The Balaban J connectivity index is 1.97. The normalized spacial score (nSPS) is 17.9. The summed E-state index contributed by atoms with van der Waals surface area (Å²) in [6.07, 6.45) is 0.884. The second-order valence-corrected chi connectivity index (χ2v) is 5.26. The lowest BCUT2D eigenvalue weighted by Crippen LogP contribution is -2.37. The number of rotatable bonds is 3. The lowest BCUT2D eigenvalue weighted by atomic mass is 10.1.